The molecule has 3 nitrogen and oxygen atoms in total. The minimum atomic E-state index is -0.959. The fourth-order valence-electron chi connectivity index (χ4n) is 5.27. The molecule has 0 aromatic heterocycles. The lowest BCUT2D eigenvalue weighted by Gasteiger charge is -2.56. The van der Waals surface area contributed by atoms with Gasteiger partial charge in [0.05, 0.1) is 11.4 Å². The third-order valence-corrected chi connectivity index (χ3v) is 9.49. The van der Waals surface area contributed by atoms with Crippen LogP contribution < -0.4 is 5.11 Å². The minimum Gasteiger partial charge on any atom is -0.545 e. The molecule has 1 aliphatic heterocycles. The standard InChI is InChI=1S/C19H22O3S/c1-17-9-5-6-10-18(17)11-12-19(17,22)13-23(15(18)16(20)21)14-7-3-2-4-8-14/h2-4,6-8,10,15,22H,5,9,11-13H2,1H3/t15-,17-,18+,19+,23?/m1/s1. The van der Waals surface area contributed by atoms with E-state index in [1.54, 1.807) is 0 Å². The molecule has 0 spiro atoms. The van der Waals surface area contributed by atoms with E-state index >= 15 is 0 Å². The molecule has 122 valence electrons. The van der Waals surface area contributed by atoms with Gasteiger partial charge in [-0.05, 0) is 37.8 Å². The van der Waals surface area contributed by atoms with Crippen LogP contribution in [0.3, 0.4) is 0 Å². The molecular formula is C19H22O3S. The van der Waals surface area contributed by atoms with Crippen LogP contribution in [0.4, 0.5) is 0 Å². The van der Waals surface area contributed by atoms with Crippen LogP contribution in [0.25, 0.3) is 0 Å². The van der Waals surface area contributed by atoms with Crippen LogP contribution >= 0.6 is 0 Å². The molecule has 5 atom stereocenters. The first-order valence-corrected chi connectivity index (χ1v) is 9.75. The fourth-order valence-corrected chi connectivity index (χ4v) is 8.56. The molecule has 0 radical (unpaired) electrons. The molecule has 1 unspecified atom stereocenters. The summed E-state index contributed by atoms with van der Waals surface area (Å²) in [6.45, 7) is 2.10. The summed E-state index contributed by atoms with van der Waals surface area (Å²) in [7, 11) is -0.530. The molecule has 4 heteroatoms. The van der Waals surface area contributed by atoms with Crippen molar-refractivity contribution in [1.29, 1.82) is 0 Å². The maximum atomic E-state index is 12.2. The SMILES string of the molecule is C[C@@]12CCC=C[C@@]13CC[C@]2(O)C[S+](c1ccccc1)[C@@H]3C(=O)[O-]. The van der Waals surface area contributed by atoms with Crippen molar-refractivity contribution in [3.63, 3.8) is 0 Å². The number of hydrogen-bond acceptors (Lipinski definition) is 3. The van der Waals surface area contributed by atoms with Crippen molar-refractivity contribution in [3.05, 3.63) is 42.5 Å². The van der Waals surface area contributed by atoms with Crippen LogP contribution in [-0.2, 0) is 15.7 Å². The average Bonchev–Trinajstić information content (AvgIpc) is 2.68. The lowest BCUT2D eigenvalue weighted by atomic mass is 9.56. The molecular weight excluding hydrogens is 308 g/mol. The van der Waals surface area contributed by atoms with Gasteiger partial charge in [-0.25, -0.2) is 0 Å². The van der Waals surface area contributed by atoms with E-state index in [9.17, 15) is 15.0 Å². The predicted molar refractivity (Wildman–Crippen MR) is 88.8 cm³/mol. The van der Waals surface area contributed by atoms with Gasteiger partial charge >= 0.3 is 0 Å². The number of carbonyl (C=O) groups is 1. The van der Waals surface area contributed by atoms with Crippen molar-refractivity contribution in [2.75, 3.05) is 5.75 Å². The highest BCUT2D eigenvalue weighted by Gasteiger charge is 2.75. The normalized spacial score (nSPS) is 44.8. The molecule has 2 fully saturated rings. The summed E-state index contributed by atoms with van der Waals surface area (Å²) in [6.07, 6.45) is 7.42. The second kappa shape index (κ2) is 4.87. The topological polar surface area (TPSA) is 60.4 Å². The van der Waals surface area contributed by atoms with E-state index in [4.69, 9.17) is 0 Å². The number of rotatable bonds is 2. The summed E-state index contributed by atoms with van der Waals surface area (Å²) in [5, 5.41) is 23.1. The zero-order valence-corrected chi connectivity index (χ0v) is 14.1. The summed E-state index contributed by atoms with van der Waals surface area (Å²) < 4.78 is 0. The molecule has 1 aromatic rings. The molecule has 1 saturated carbocycles. The van der Waals surface area contributed by atoms with Crippen molar-refractivity contribution in [2.24, 2.45) is 10.8 Å². The summed E-state index contributed by atoms with van der Waals surface area (Å²) in [6, 6.07) is 9.82. The average molecular weight is 330 g/mol. The van der Waals surface area contributed by atoms with Gasteiger partial charge in [-0.15, -0.1) is 0 Å². The van der Waals surface area contributed by atoms with Gasteiger partial charge in [0, 0.05) is 16.3 Å². The Morgan fingerprint density at radius 1 is 1.26 bits per heavy atom. The predicted octanol–water partition coefficient (Wildman–Crippen LogP) is 1.66. The van der Waals surface area contributed by atoms with Gasteiger partial charge in [-0.2, -0.15) is 0 Å². The van der Waals surface area contributed by atoms with Gasteiger partial charge in [0.1, 0.15) is 11.4 Å². The van der Waals surface area contributed by atoms with E-state index in [-0.39, 0.29) is 5.41 Å². The Morgan fingerprint density at radius 2 is 2.00 bits per heavy atom. The van der Waals surface area contributed by atoms with Gasteiger partial charge < -0.3 is 15.0 Å². The third-order valence-electron chi connectivity index (χ3n) is 6.64. The number of benzene rings is 1. The van der Waals surface area contributed by atoms with Crippen molar-refractivity contribution in [2.45, 2.75) is 48.4 Å². The van der Waals surface area contributed by atoms with E-state index in [1.807, 2.05) is 30.3 Å². The highest BCUT2D eigenvalue weighted by Crippen LogP contribution is 2.69. The van der Waals surface area contributed by atoms with E-state index in [0.29, 0.717) is 12.2 Å². The lowest BCUT2D eigenvalue weighted by molar-refractivity contribution is -0.308. The Hall–Kier alpha value is -1.26. The van der Waals surface area contributed by atoms with Crippen molar-refractivity contribution in [1.82, 2.24) is 0 Å². The Kier molecular flexibility index (Phi) is 3.23. The van der Waals surface area contributed by atoms with Crippen molar-refractivity contribution >= 4 is 16.9 Å². The van der Waals surface area contributed by atoms with E-state index in [1.165, 1.54) is 0 Å². The van der Waals surface area contributed by atoms with Crippen molar-refractivity contribution in [3.8, 4) is 0 Å². The van der Waals surface area contributed by atoms with Crippen LogP contribution in [0, 0.1) is 10.8 Å². The van der Waals surface area contributed by atoms with E-state index in [2.05, 4.69) is 19.1 Å². The monoisotopic (exact) mass is 330 g/mol. The molecule has 1 aromatic carbocycles. The quantitative estimate of drug-likeness (QED) is 0.663. The van der Waals surface area contributed by atoms with Gasteiger partial charge in [0.15, 0.2) is 10.1 Å². The van der Waals surface area contributed by atoms with Gasteiger partial charge in [-0.1, -0.05) is 37.3 Å². The summed E-state index contributed by atoms with van der Waals surface area (Å²) in [5.74, 6) is -0.416. The smallest absolute Gasteiger partial charge is 0.172 e. The Labute approximate surface area is 139 Å². The molecule has 2 bridgehead atoms. The fraction of sp³-hybridized carbons (Fsp3) is 0.526. The Morgan fingerprint density at radius 3 is 2.70 bits per heavy atom. The van der Waals surface area contributed by atoms with Gasteiger partial charge in [0.2, 0.25) is 0 Å². The number of hydrogen-bond donors (Lipinski definition) is 1. The molecule has 0 amide bonds. The maximum Gasteiger partial charge on any atom is 0.172 e. The third kappa shape index (κ3) is 1.79. The molecule has 3 aliphatic rings. The maximum absolute atomic E-state index is 12.2. The molecule has 2 aliphatic carbocycles. The van der Waals surface area contributed by atoms with Crippen LogP contribution in [0.2, 0.25) is 0 Å². The van der Waals surface area contributed by atoms with Gasteiger partial charge in [0.25, 0.3) is 0 Å². The number of aliphatic hydroxyl groups is 1. The molecule has 1 N–H and O–H groups in total. The van der Waals surface area contributed by atoms with Crippen LogP contribution in [-0.4, -0.2) is 27.7 Å². The first-order chi connectivity index (χ1) is 10.9. The number of aliphatic carboxylic acids is 1. The molecule has 1 saturated heterocycles. The number of carboxylic acids is 1. The van der Waals surface area contributed by atoms with E-state index < -0.39 is 33.1 Å². The molecule has 23 heavy (non-hydrogen) atoms. The summed E-state index contributed by atoms with van der Waals surface area (Å²) in [4.78, 5) is 13.2. The Balaban J connectivity index is 1.91. The first kappa shape index (κ1) is 15.3. The van der Waals surface area contributed by atoms with Gasteiger partial charge in [-0.3, -0.25) is 0 Å². The van der Waals surface area contributed by atoms with Crippen molar-refractivity contribution < 1.29 is 15.0 Å². The largest absolute Gasteiger partial charge is 0.545 e. The van der Waals surface area contributed by atoms with Crippen LogP contribution in [0.5, 0.6) is 0 Å². The number of allylic oxidation sites excluding steroid dienone is 2. The second-order valence-corrected chi connectivity index (χ2v) is 9.52. The Bertz CT molecular complexity index is 672. The number of carbonyl (C=O) groups excluding carboxylic acids is 1. The summed E-state index contributed by atoms with van der Waals surface area (Å²) in [5.41, 5.74) is -1.61. The number of carboxylic acid groups (broad SMARTS) is 1. The van der Waals surface area contributed by atoms with E-state index in [0.717, 1.165) is 24.2 Å². The highest BCUT2D eigenvalue weighted by molar-refractivity contribution is 7.98. The zero-order chi connectivity index (χ0) is 16.3. The minimum absolute atomic E-state index is 0.363. The highest BCUT2D eigenvalue weighted by atomic mass is 32.2. The second-order valence-electron chi connectivity index (χ2n) is 7.43. The lowest BCUT2D eigenvalue weighted by Crippen LogP contribution is -2.67. The first-order valence-electron chi connectivity index (χ1n) is 8.29. The van der Waals surface area contributed by atoms with Crippen LogP contribution in [0.1, 0.15) is 32.6 Å². The summed E-state index contributed by atoms with van der Waals surface area (Å²) >= 11 is 0. The zero-order valence-electron chi connectivity index (χ0n) is 13.3. The van der Waals surface area contributed by atoms with Crippen LogP contribution in [0.15, 0.2) is 47.4 Å². The molecule has 4 rings (SSSR count). The molecule has 1 heterocycles.